The van der Waals surface area contributed by atoms with Gasteiger partial charge in [-0.05, 0) is 260 Å². The van der Waals surface area contributed by atoms with Gasteiger partial charge in [-0.2, -0.15) is 0 Å². The van der Waals surface area contributed by atoms with Crippen molar-refractivity contribution in [3.8, 4) is 0 Å². The van der Waals surface area contributed by atoms with Crippen LogP contribution >= 0.6 is 0 Å². The van der Waals surface area contributed by atoms with Gasteiger partial charge in [-0.15, -0.1) is 0 Å². The summed E-state index contributed by atoms with van der Waals surface area (Å²) in [6.07, 6.45) is 13.4. The van der Waals surface area contributed by atoms with Gasteiger partial charge in [0, 0.05) is 158 Å². The molecule has 0 amide bonds. The molecule has 0 aliphatic carbocycles. The molecule has 20 aromatic rings. The Kier molecular flexibility index (Phi) is 16.6. The molecule has 0 saturated carbocycles. The Morgan fingerprint density at radius 1 is 0.252 bits per heavy atom. The van der Waals surface area contributed by atoms with Gasteiger partial charge in [0.25, 0.3) is 0 Å². The number of fused-ring (bicyclic) bond motifs is 20. The zero-order valence-corrected chi connectivity index (χ0v) is 74.6. The minimum absolute atomic E-state index is 0.0807. The zero-order chi connectivity index (χ0) is 103. The Labute approximate surface area is 780 Å². The average Bonchev–Trinajstić information content (AvgIpc) is 1.59. The van der Waals surface area contributed by atoms with Crippen molar-refractivity contribution in [3.63, 3.8) is 0 Å². The minimum Gasteiger partial charge on any atom is -0.435 e. The normalized spacial score (nSPS) is 19.8. The fourth-order valence-electron chi connectivity index (χ4n) is 19.7. The maximum atomic E-state index is 8.80. The predicted molar refractivity (Wildman–Crippen MR) is 532 cm³/mol. The average molecular weight is 1750 g/mol. The first kappa shape index (κ1) is 67.0. The number of benzene rings is 6. The largest absolute Gasteiger partial charge is 0.435 e. The second kappa shape index (κ2) is 32.5. The lowest BCUT2D eigenvalue weighted by Gasteiger charge is -2.33. The van der Waals surface area contributed by atoms with E-state index in [1.54, 1.807) is 83.8 Å². The van der Waals surface area contributed by atoms with Crippen LogP contribution in [0.25, 0.3) is 110 Å². The van der Waals surface area contributed by atoms with Crippen LogP contribution < -0.4 is 49.0 Å². The van der Waals surface area contributed by atoms with Crippen LogP contribution in [-0.4, -0.2) is 108 Å². The van der Waals surface area contributed by atoms with E-state index in [0.29, 0.717) is 85.4 Å². The second-order valence-corrected chi connectivity index (χ2v) is 33.7. The highest BCUT2D eigenvalue weighted by atomic mass is 16.4. The third-order valence-electron chi connectivity index (χ3n) is 25.5. The number of furan rings is 5. The van der Waals surface area contributed by atoms with Crippen molar-refractivity contribution in [2.75, 3.05) is 63.0 Å². The van der Waals surface area contributed by atoms with Crippen LogP contribution in [-0.2, 0) is 0 Å². The van der Waals surface area contributed by atoms with Gasteiger partial charge in [-0.3, -0.25) is 0 Å². The third-order valence-corrected chi connectivity index (χ3v) is 25.5. The molecule has 0 bridgehead atoms. The molecule has 131 heavy (non-hydrogen) atoms. The Hall–Kier alpha value is -15.3. The Morgan fingerprint density at radius 3 is 0.863 bits per heavy atom. The summed E-state index contributed by atoms with van der Waals surface area (Å²) in [5, 5.41) is 9.53. The van der Waals surface area contributed by atoms with E-state index < -0.39 is 70.4 Å². The number of anilines is 15. The molecule has 5 aliphatic rings. The summed E-state index contributed by atoms with van der Waals surface area (Å²) >= 11 is 0. The van der Waals surface area contributed by atoms with Crippen LogP contribution in [0.4, 0.5) is 85.8 Å². The van der Waals surface area contributed by atoms with Crippen LogP contribution in [0, 0.1) is 34.6 Å². The summed E-state index contributed by atoms with van der Waals surface area (Å²) in [5.74, 6) is 2.50. The number of nitrogens with zero attached hydrogens (tertiary/aromatic N) is 19. The van der Waals surface area contributed by atoms with Gasteiger partial charge >= 0.3 is 0 Å². The Balaban J connectivity index is 0.000000107. The molecule has 19 heterocycles. The van der Waals surface area contributed by atoms with E-state index in [4.69, 9.17) is 42.6 Å². The lowest BCUT2D eigenvalue weighted by Crippen LogP contribution is -2.42. The lowest BCUT2D eigenvalue weighted by atomic mass is 10.1. The van der Waals surface area contributed by atoms with Crippen LogP contribution in [0.3, 0.4) is 0 Å². The summed E-state index contributed by atoms with van der Waals surface area (Å²) < 4.78 is 153. The molecule has 24 nitrogen and oxygen atoms in total. The second-order valence-electron chi connectivity index (χ2n) is 33.7. The molecule has 0 spiro atoms. The molecule has 0 saturated heterocycles. The van der Waals surface area contributed by atoms with E-state index in [1.165, 1.54) is 23.6 Å². The standard InChI is InChI=1S/C23H23N3O.2C22H22N4O.2C20H18N4O/c1-14(2)25-16(4)26(20-10-6-5-9-19(20)25)21-15(3)11-12-17-18-8-7-13-24-23(18)27-22(17)21;2*1-13(2)25-15(4)26(21-18(25)8-6-11-23-21)19-14(3)9-10-16-17-7-5-12-24-22(17)27-20(16)19;1-12-8-9-14-15-6-4-11-22-20(15)25-18(14)17(12)24-13(2)23(3)19-16(24)7-5-10-21-19;1-12-8-9-14-15-6-4-11-22-20(15)25-18(14)17(12)24-13(2)23(3)16-7-5-10-21-19(16)24/h5-14,16H,1-4H3;2*5-13,15H,1-4H3;2*4-11,13H,1-3H3/i1D3,14D;1D3,13D;13D;2*3D3. The van der Waals surface area contributed by atoms with E-state index in [-0.39, 0.29) is 6.17 Å². The van der Waals surface area contributed by atoms with Crippen LogP contribution in [0.5, 0.6) is 0 Å². The number of rotatable bonds is 8. The summed E-state index contributed by atoms with van der Waals surface area (Å²) in [6, 6.07) is 57.7. The molecule has 7 atom stereocenters. The summed E-state index contributed by atoms with van der Waals surface area (Å²) in [6.45, 7) is 16.8. The minimum atomic E-state index is -2.52. The highest BCUT2D eigenvalue weighted by molar-refractivity contribution is 6.15. The van der Waals surface area contributed by atoms with Gasteiger partial charge < -0.3 is 71.1 Å². The van der Waals surface area contributed by atoms with Gasteiger partial charge in [0.05, 0.1) is 66.7 Å². The predicted octanol–water partition coefficient (Wildman–Crippen LogP) is 26.0. The molecular formula is C107H103N19O5. The van der Waals surface area contributed by atoms with Crippen molar-refractivity contribution < 1.29 is 42.6 Å². The molecule has 0 N–H and O–H groups in total. The van der Waals surface area contributed by atoms with E-state index in [0.717, 1.165) is 139 Å². The van der Waals surface area contributed by atoms with Crippen molar-refractivity contribution >= 4 is 196 Å². The van der Waals surface area contributed by atoms with Crippen molar-refractivity contribution in [2.45, 2.75) is 160 Å². The summed E-state index contributed by atoms with van der Waals surface area (Å²) in [5.41, 5.74) is 20.2. The Bertz CT molecular complexity index is 7890. The van der Waals surface area contributed by atoms with Crippen molar-refractivity contribution in [1.82, 2.24) is 44.9 Å². The SMILES string of the molecule is [2H]C(C)(C)N1c2cccnc2N(c2c(C)ccc3c2oc2ncccc23)C1C.[2H]C([2H])([2H])C([2H])(C)N1c2ccccc2N(c2c(C)ccc3c2oc2ncccc23)C1C.[2H]C([2H])([2H])C([2H])(C)N1c2cccnc2N(c2c(C)ccc3c2oc2ncccc23)C1C.[2H]C([2H])([2H])N1c2cccnc2N(c2c(C)ccc3c2oc2ncccc23)C1C.[2H]C([2H])([2H])N1c2ncccc2N(c2c(C)ccc3c2oc2ncccc23)C1C. The molecular weight excluding hydrogens is 1630 g/mol. The first-order chi connectivity index (χ1) is 69.4. The van der Waals surface area contributed by atoms with Gasteiger partial charge in [-0.1, -0.05) is 72.8 Å². The first-order valence-electron chi connectivity index (χ1n) is 51.0. The molecule has 25 rings (SSSR count). The molecule has 5 aliphatic heterocycles. The number of hydrogen-bond acceptors (Lipinski definition) is 24. The molecule has 0 radical (unpaired) electrons. The number of pyridine rings is 9. The van der Waals surface area contributed by atoms with E-state index in [1.807, 2.05) is 248 Å². The summed E-state index contributed by atoms with van der Waals surface area (Å²) in [7, 11) is 0. The third kappa shape index (κ3) is 13.2. The molecule has 6 aromatic carbocycles. The van der Waals surface area contributed by atoms with Gasteiger partial charge in [0.15, 0.2) is 51.2 Å². The fraction of sp³-hybridized carbons (Fsp3) is 0.243. The van der Waals surface area contributed by atoms with Crippen molar-refractivity contribution in [1.29, 1.82) is 0 Å². The Morgan fingerprint density at radius 2 is 0.511 bits per heavy atom. The van der Waals surface area contributed by atoms with Gasteiger partial charge in [0.2, 0.25) is 28.6 Å². The van der Waals surface area contributed by atoms with E-state index >= 15 is 0 Å². The highest BCUT2D eigenvalue weighted by Gasteiger charge is 2.44. The molecule has 24 heteroatoms. The van der Waals surface area contributed by atoms with Crippen molar-refractivity contribution in [2.24, 2.45) is 0 Å². The van der Waals surface area contributed by atoms with Gasteiger partial charge in [0.1, 0.15) is 30.8 Å². The highest BCUT2D eigenvalue weighted by Crippen LogP contribution is 2.55. The van der Waals surface area contributed by atoms with E-state index in [2.05, 4.69) is 85.5 Å². The smallest absolute Gasteiger partial charge is 0.227 e. The quantitative estimate of drug-likeness (QED) is 0.138. The number of aromatic nitrogens is 9. The fourth-order valence-corrected chi connectivity index (χ4v) is 19.7. The molecule has 14 aromatic heterocycles. The molecule has 7 unspecified atom stereocenters. The van der Waals surface area contributed by atoms with Crippen molar-refractivity contribution in [3.05, 3.63) is 278 Å². The number of aryl methyl sites for hydroxylation is 5. The number of para-hydroxylation sites is 2. The number of hydrogen-bond donors (Lipinski definition) is 0. The van der Waals surface area contributed by atoms with E-state index in [9.17, 15) is 0 Å². The maximum Gasteiger partial charge on any atom is 0.227 e. The lowest BCUT2D eigenvalue weighted by molar-refractivity contribution is 0.601. The van der Waals surface area contributed by atoms with Crippen LogP contribution in [0.2, 0.25) is 0 Å². The zero-order valence-electron chi connectivity index (χ0n) is 89.6. The molecule has 0 fully saturated rings. The van der Waals surface area contributed by atoms with Gasteiger partial charge in [-0.25, -0.2) is 44.9 Å². The molecule has 656 valence electrons. The topological polar surface area (TPSA) is 214 Å². The van der Waals surface area contributed by atoms with Crippen LogP contribution in [0.1, 0.15) is 124 Å². The first-order valence-corrected chi connectivity index (χ1v) is 43.5. The summed E-state index contributed by atoms with van der Waals surface area (Å²) in [4.78, 5) is 58.3. The van der Waals surface area contributed by atoms with Crippen LogP contribution in [0.15, 0.2) is 272 Å². The maximum absolute atomic E-state index is 8.80. The monoisotopic (exact) mass is 1750 g/mol.